The second kappa shape index (κ2) is 7.68. The minimum atomic E-state index is -0.448. The summed E-state index contributed by atoms with van der Waals surface area (Å²) >= 11 is 5.92. The van der Waals surface area contributed by atoms with Gasteiger partial charge in [0, 0.05) is 22.6 Å². The smallest absolute Gasteiger partial charge is 0.308 e. The predicted octanol–water partition coefficient (Wildman–Crippen LogP) is 5.23. The molecule has 1 heterocycles. The molecule has 128 valence electrons. The maximum absolute atomic E-state index is 12.2. The van der Waals surface area contributed by atoms with E-state index in [-0.39, 0.29) is 0 Å². The summed E-state index contributed by atoms with van der Waals surface area (Å²) in [5.41, 5.74) is 4.37. The molecule has 0 aliphatic heterocycles. The monoisotopic (exact) mass is 362 g/mol. The van der Waals surface area contributed by atoms with E-state index in [1.807, 2.05) is 49.4 Å². The summed E-state index contributed by atoms with van der Waals surface area (Å²) in [6.07, 6.45) is 1.77. The number of hydrogen-bond acceptors (Lipinski definition) is 3. The Morgan fingerprint density at radius 1 is 1.04 bits per heavy atom. The van der Waals surface area contributed by atoms with Crippen molar-refractivity contribution in [2.24, 2.45) is 0 Å². The molecular weight excluding hydrogens is 348 g/mol. The Hall–Kier alpha value is -3.36. The van der Waals surface area contributed by atoms with Gasteiger partial charge in [0.05, 0.1) is 11.3 Å². The maximum Gasteiger partial charge on any atom is 0.323 e. The van der Waals surface area contributed by atoms with Crippen molar-refractivity contribution in [3.63, 3.8) is 0 Å². The Kier molecular flexibility index (Phi) is 5.16. The highest BCUT2D eigenvalue weighted by Gasteiger charge is 2.08. The van der Waals surface area contributed by atoms with E-state index in [4.69, 9.17) is 16.9 Å². The molecule has 0 aliphatic rings. The van der Waals surface area contributed by atoms with Crippen LogP contribution >= 0.6 is 11.6 Å². The highest BCUT2D eigenvalue weighted by Crippen LogP contribution is 2.23. The van der Waals surface area contributed by atoms with Gasteiger partial charge in [-0.05, 0) is 60.5 Å². The van der Waals surface area contributed by atoms with Crippen molar-refractivity contribution in [2.45, 2.75) is 6.92 Å². The van der Waals surface area contributed by atoms with Crippen molar-refractivity contribution < 1.29 is 4.79 Å². The molecule has 1 aromatic heterocycles. The molecule has 0 saturated heterocycles. The molecule has 2 N–H and O–H groups in total. The van der Waals surface area contributed by atoms with Gasteiger partial charge in [-0.3, -0.25) is 4.98 Å². The van der Waals surface area contributed by atoms with E-state index in [2.05, 4.69) is 15.6 Å². The van der Waals surface area contributed by atoms with Crippen molar-refractivity contribution >= 4 is 29.0 Å². The molecule has 26 heavy (non-hydrogen) atoms. The van der Waals surface area contributed by atoms with Crippen LogP contribution in [-0.4, -0.2) is 11.0 Å². The number of benzene rings is 2. The second-order valence-electron chi connectivity index (χ2n) is 5.64. The van der Waals surface area contributed by atoms with Gasteiger partial charge in [-0.2, -0.15) is 5.26 Å². The van der Waals surface area contributed by atoms with Crippen molar-refractivity contribution in [1.29, 1.82) is 5.26 Å². The average Bonchev–Trinajstić information content (AvgIpc) is 2.62. The lowest BCUT2D eigenvalue weighted by Crippen LogP contribution is -2.20. The van der Waals surface area contributed by atoms with E-state index in [9.17, 15) is 4.79 Å². The minimum Gasteiger partial charge on any atom is -0.308 e. The normalized spacial score (nSPS) is 10.0. The number of nitrogens with zero attached hydrogens (tertiary/aromatic N) is 2. The Bertz CT molecular complexity index is 993. The first-order valence-corrected chi connectivity index (χ1v) is 8.24. The summed E-state index contributed by atoms with van der Waals surface area (Å²) in [6, 6.07) is 17.7. The molecule has 0 bridgehead atoms. The number of amides is 2. The number of carbonyl (C=O) groups is 1. The summed E-state index contributed by atoms with van der Waals surface area (Å²) in [6.45, 7) is 1.94. The Morgan fingerprint density at radius 2 is 1.81 bits per heavy atom. The number of anilines is 2. The van der Waals surface area contributed by atoms with E-state index in [1.165, 1.54) is 6.07 Å². The molecule has 6 heteroatoms. The van der Waals surface area contributed by atoms with Gasteiger partial charge in [0.2, 0.25) is 0 Å². The quantitative estimate of drug-likeness (QED) is 0.670. The van der Waals surface area contributed by atoms with Crippen LogP contribution in [0.5, 0.6) is 0 Å². The molecule has 0 unspecified atom stereocenters. The zero-order valence-corrected chi connectivity index (χ0v) is 14.7. The van der Waals surface area contributed by atoms with Crippen molar-refractivity contribution in [3.05, 3.63) is 77.1 Å². The number of hydrogen-bond donors (Lipinski definition) is 2. The molecule has 0 aliphatic carbocycles. The number of halogens is 1. The number of pyridine rings is 1. The van der Waals surface area contributed by atoms with Gasteiger partial charge in [-0.15, -0.1) is 0 Å². The molecule has 0 atom stereocenters. The number of aryl methyl sites for hydroxylation is 1. The fourth-order valence-electron chi connectivity index (χ4n) is 2.47. The van der Waals surface area contributed by atoms with E-state index >= 15 is 0 Å². The Labute approximate surface area is 156 Å². The van der Waals surface area contributed by atoms with Crippen LogP contribution in [0.4, 0.5) is 16.2 Å². The lowest BCUT2D eigenvalue weighted by atomic mass is 10.1. The van der Waals surface area contributed by atoms with Gasteiger partial charge in [0.25, 0.3) is 0 Å². The van der Waals surface area contributed by atoms with Gasteiger partial charge in [-0.25, -0.2) is 4.79 Å². The largest absolute Gasteiger partial charge is 0.323 e. The van der Waals surface area contributed by atoms with Gasteiger partial charge in [-0.1, -0.05) is 23.7 Å². The minimum absolute atomic E-state index is 0.341. The SMILES string of the molecule is Cc1cc(-c2ccc(NC(=O)Nc3cc(Cl)ccc3C#N)cc2)ccn1. The Morgan fingerprint density at radius 3 is 2.50 bits per heavy atom. The molecule has 0 radical (unpaired) electrons. The standard InChI is InChI=1S/C20H15ClN4O/c1-13-10-15(8-9-23-13)14-3-6-18(7-4-14)24-20(26)25-19-11-17(21)5-2-16(19)12-22/h2-11H,1H3,(H2,24,25,26). The van der Waals surface area contributed by atoms with Gasteiger partial charge in [0.1, 0.15) is 6.07 Å². The molecule has 3 aromatic rings. The summed E-state index contributed by atoms with van der Waals surface area (Å²) in [5, 5.41) is 14.9. The summed E-state index contributed by atoms with van der Waals surface area (Å²) in [7, 11) is 0. The molecule has 2 aromatic carbocycles. The van der Waals surface area contributed by atoms with Crippen LogP contribution in [0, 0.1) is 18.3 Å². The summed E-state index contributed by atoms with van der Waals surface area (Å²) < 4.78 is 0. The first kappa shape index (κ1) is 17.5. The average molecular weight is 363 g/mol. The number of nitriles is 1. The topological polar surface area (TPSA) is 77.8 Å². The van der Waals surface area contributed by atoms with Crippen LogP contribution < -0.4 is 10.6 Å². The molecule has 0 spiro atoms. The van der Waals surface area contributed by atoms with Crippen LogP contribution in [-0.2, 0) is 0 Å². The van der Waals surface area contributed by atoms with Crippen molar-refractivity contribution in [1.82, 2.24) is 4.98 Å². The first-order valence-electron chi connectivity index (χ1n) is 7.86. The first-order chi connectivity index (χ1) is 12.5. The summed E-state index contributed by atoms with van der Waals surface area (Å²) in [5.74, 6) is 0. The highest BCUT2D eigenvalue weighted by molar-refractivity contribution is 6.31. The van der Waals surface area contributed by atoms with Crippen LogP contribution in [0.1, 0.15) is 11.3 Å². The van der Waals surface area contributed by atoms with E-state index in [1.54, 1.807) is 18.3 Å². The zero-order valence-electron chi connectivity index (χ0n) is 14.0. The van der Waals surface area contributed by atoms with Crippen molar-refractivity contribution in [3.8, 4) is 17.2 Å². The molecule has 0 fully saturated rings. The van der Waals surface area contributed by atoms with Crippen LogP contribution in [0.25, 0.3) is 11.1 Å². The van der Waals surface area contributed by atoms with Gasteiger partial charge in [0.15, 0.2) is 0 Å². The van der Waals surface area contributed by atoms with Gasteiger partial charge < -0.3 is 10.6 Å². The Balaban J connectivity index is 1.71. The van der Waals surface area contributed by atoms with Crippen LogP contribution in [0.2, 0.25) is 5.02 Å². The van der Waals surface area contributed by atoms with E-state index in [0.29, 0.717) is 22.0 Å². The fraction of sp³-hybridized carbons (Fsp3) is 0.0500. The number of urea groups is 1. The number of rotatable bonds is 3. The lowest BCUT2D eigenvalue weighted by molar-refractivity contribution is 0.262. The molecule has 5 nitrogen and oxygen atoms in total. The molecular formula is C20H15ClN4O. The predicted molar refractivity (Wildman–Crippen MR) is 103 cm³/mol. The zero-order chi connectivity index (χ0) is 18.5. The van der Waals surface area contributed by atoms with E-state index in [0.717, 1.165) is 16.8 Å². The van der Waals surface area contributed by atoms with Gasteiger partial charge >= 0.3 is 6.03 Å². The fourth-order valence-corrected chi connectivity index (χ4v) is 2.65. The van der Waals surface area contributed by atoms with Crippen molar-refractivity contribution in [2.75, 3.05) is 10.6 Å². The van der Waals surface area contributed by atoms with Crippen LogP contribution in [0.3, 0.4) is 0 Å². The molecule has 2 amide bonds. The molecule has 0 saturated carbocycles. The highest BCUT2D eigenvalue weighted by atomic mass is 35.5. The third-order valence-electron chi connectivity index (χ3n) is 3.72. The third kappa shape index (κ3) is 4.18. The maximum atomic E-state index is 12.2. The third-order valence-corrected chi connectivity index (χ3v) is 3.96. The number of nitrogens with one attached hydrogen (secondary N) is 2. The lowest BCUT2D eigenvalue weighted by Gasteiger charge is -2.10. The summed E-state index contributed by atoms with van der Waals surface area (Å²) in [4.78, 5) is 16.4. The number of carbonyl (C=O) groups excluding carboxylic acids is 1. The number of aromatic nitrogens is 1. The van der Waals surface area contributed by atoms with E-state index < -0.39 is 6.03 Å². The van der Waals surface area contributed by atoms with Crippen LogP contribution in [0.15, 0.2) is 60.8 Å². The molecule has 3 rings (SSSR count). The second-order valence-corrected chi connectivity index (χ2v) is 6.08.